The van der Waals surface area contributed by atoms with Gasteiger partial charge in [-0.3, -0.25) is 4.99 Å². The van der Waals surface area contributed by atoms with Gasteiger partial charge in [-0.25, -0.2) is 0 Å². The van der Waals surface area contributed by atoms with E-state index < -0.39 is 12.6 Å². The molecule has 1 aromatic rings. The second-order valence-electron chi connectivity index (χ2n) is 5.68. The fourth-order valence-electron chi connectivity index (χ4n) is 2.33. The van der Waals surface area contributed by atoms with E-state index in [2.05, 4.69) is 15.6 Å². The van der Waals surface area contributed by atoms with Crippen molar-refractivity contribution in [2.45, 2.75) is 45.3 Å². The number of nitrogens with one attached hydrogen (secondary N) is 2. The van der Waals surface area contributed by atoms with E-state index in [1.807, 2.05) is 32.0 Å². The molecule has 0 aliphatic carbocycles. The molecule has 0 aromatic heterocycles. The summed E-state index contributed by atoms with van der Waals surface area (Å²) in [7, 11) is 3.25. The standard InChI is InChI=1S/C17H26F3N3O.HI/c1-12-7-8-15(24-4)14(11-12)13(2)23-16(21-3)22-10-6-5-9-17(18,19)20;/h7-8,11,13H,5-6,9-10H2,1-4H3,(H2,21,22,23);1H. The first-order valence-electron chi connectivity index (χ1n) is 7.95. The summed E-state index contributed by atoms with van der Waals surface area (Å²) < 4.78 is 41.7. The largest absolute Gasteiger partial charge is 0.496 e. The lowest BCUT2D eigenvalue weighted by Crippen LogP contribution is -2.39. The predicted molar refractivity (Wildman–Crippen MR) is 106 cm³/mol. The minimum Gasteiger partial charge on any atom is -0.496 e. The SMILES string of the molecule is CN=C(NCCCCC(F)(F)F)NC(C)c1cc(C)ccc1OC.I. The first kappa shape index (κ1) is 23.8. The van der Waals surface area contributed by atoms with Gasteiger partial charge in [-0.05, 0) is 32.8 Å². The number of guanidine groups is 1. The minimum atomic E-state index is -4.09. The van der Waals surface area contributed by atoms with Gasteiger partial charge in [0, 0.05) is 25.6 Å². The van der Waals surface area contributed by atoms with E-state index in [1.54, 1.807) is 14.2 Å². The Morgan fingerprint density at radius 3 is 2.52 bits per heavy atom. The van der Waals surface area contributed by atoms with Gasteiger partial charge in [0.25, 0.3) is 0 Å². The highest BCUT2D eigenvalue weighted by Crippen LogP contribution is 2.26. The van der Waals surface area contributed by atoms with Gasteiger partial charge in [0.15, 0.2) is 5.96 Å². The predicted octanol–water partition coefficient (Wildman–Crippen LogP) is 4.58. The summed E-state index contributed by atoms with van der Waals surface area (Å²) >= 11 is 0. The van der Waals surface area contributed by atoms with E-state index >= 15 is 0 Å². The number of aryl methyl sites for hydroxylation is 1. The summed E-state index contributed by atoms with van der Waals surface area (Å²) in [6.07, 6.45) is -4.30. The van der Waals surface area contributed by atoms with Crippen LogP contribution in [0.4, 0.5) is 13.2 Å². The number of unbranched alkanes of at least 4 members (excludes halogenated alkanes) is 1. The molecule has 0 bridgehead atoms. The Labute approximate surface area is 164 Å². The van der Waals surface area contributed by atoms with Crippen molar-refractivity contribution in [1.29, 1.82) is 0 Å². The van der Waals surface area contributed by atoms with Crippen molar-refractivity contribution in [2.75, 3.05) is 20.7 Å². The van der Waals surface area contributed by atoms with Gasteiger partial charge in [0.2, 0.25) is 0 Å². The van der Waals surface area contributed by atoms with Crippen molar-refractivity contribution in [3.05, 3.63) is 29.3 Å². The summed E-state index contributed by atoms with van der Waals surface area (Å²) in [6.45, 7) is 4.42. The van der Waals surface area contributed by atoms with Crippen molar-refractivity contribution in [1.82, 2.24) is 10.6 Å². The number of alkyl halides is 3. The van der Waals surface area contributed by atoms with Crippen LogP contribution >= 0.6 is 24.0 Å². The normalized spacial score (nSPS) is 13.0. The zero-order valence-electron chi connectivity index (χ0n) is 15.0. The molecule has 144 valence electrons. The molecule has 1 rings (SSSR count). The van der Waals surface area contributed by atoms with Gasteiger partial charge in [0.1, 0.15) is 5.75 Å². The van der Waals surface area contributed by atoms with Gasteiger partial charge in [-0.2, -0.15) is 13.2 Å². The maximum absolute atomic E-state index is 12.1. The van der Waals surface area contributed by atoms with Crippen molar-refractivity contribution < 1.29 is 17.9 Å². The highest BCUT2D eigenvalue weighted by atomic mass is 127. The third-order valence-electron chi connectivity index (χ3n) is 3.61. The molecule has 0 saturated heterocycles. The van der Waals surface area contributed by atoms with Crippen LogP contribution in [0.2, 0.25) is 0 Å². The van der Waals surface area contributed by atoms with Crippen LogP contribution in [0.1, 0.15) is 43.4 Å². The number of rotatable bonds is 7. The van der Waals surface area contributed by atoms with Crippen molar-refractivity contribution in [3.63, 3.8) is 0 Å². The van der Waals surface area contributed by atoms with Crippen LogP contribution in [0.5, 0.6) is 5.75 Å². The number of benzene rings is 1. The highest BCUT2D eigenvalue weighted by Gasteiger charge is 2.25. The molecular weight excluding hydrogens is 446 g/mol. The summed E-state index contributed by atoms with van der Waals surface area (Å²) in [4.78, 5) is 4.11. The average Bonchev–Trinajstić information content (AvgIpc) is 2.52. The number of hydrogen-bond acceptors (Lipinski definition) is 2. The summed E-state index contributed by atoms with van der Waals surface area (Å²) in [6, 6.07) is 5.87. The first-order chi connectivity index (χ1) is 11.3. The van der Waals surface area contributed by atoms with E-state index in [0.717, 1.165) is 16.9 Å². The smallest absolute Gasteiger partial charge is 0.389 e. The van der Waals surface area contributed by atoms with Crippen molar-refractivity contribution in [2.24, 2.45) is 4.99 Å². The molecular formula is C17H27F3IN3O. The average molecular weight is 473 g/mol. The topological polar surface area (TPSA) is 45.7 Å². The maximum Gasteiger partial charge on any atom is 0.389 e. The second-order valence-corrected chi connectivity index (χ2v) is 5.68. The van der Waals surface area contributed by atoms with Crippen LogP contribution in [0, 0.1) is 6.92 Å². The molecule has 2 N–H and O–H groups in total. The molecule has 8 heteroatoms. The summed E-state index contributed by atoms with van der Waals surface area (Å²) in [5, 5.41) is 6.27. The molecule has 0 saturated carbocycles. The molecule has 1 atom stereocenters. The quantitative estimate of drug-likeness (QED) is 0.264. The van der Waals surface area contributed by atoms with Crippen molar-refractivity contribution in [3.8, 4) is 5.75 Å². The molecule has 25 heavy (non-hydrogen) atoms. The van der Waals surface area contributed by atoms with Crippen LogP contribution in [0.15, 0.2) is 23.2 Å². The first-order valence-corrected chi connectivity index (χ1v) is 7.95. The fraction of sp³-hybridized carbons (Fsp3) is 0.588. The second kappa shape index (κ2) is 11.4. The lowest BCUT2D eigenvalue weighted by molar-refractivity contribution is -0.135. The maximum atomic E-state index is 12.1. The molecule has 1 aromatic carbocycles. The van der Waals surface area contributed by atoms with Crippen LogP contribution in [0.25, 0.3) is 0 Å². The number of ether oxygens (including phenoxy) is 1. The van der Waals surface area contributed by atoms with Gasteiger partial charge in [-0.15, -0.1) is 24.0 Å². The van der Waals surface area contributed by atoms with Crippen LogP contribution in [-0.4, -0.2) is 32.8 Å². The zero-order chi connectivity index (χ0) is 18.2. The van der Waals surface area contributed by atoms with E-state index in [-0.39, 0.29) is 36.4 Å². The lowest BCUT2D eigenvalue weighted by atomic mass is 10.0. The molecule has 0 fully saturated rings. The molecule has 0 aliphatic heterocycles. The van der Waals surface area contributed by atoms with E-state index in [1.165, 1.54) is 0 Å². The van der Waals surface area contributed by atoms with Gasteiger partial charge in [-0.1, -0.05) is 17.7 Å². The molecule has 0 radical (unpaired) electrons. The van der Waals surface area contributed by atoms with Crippen LogP contribution in [-0.2, 0) is 0 Å². The Bertz CT molecular complexity index is 550. The number of nitrogens with zero attached hydrogens (tertiary/aromatic N) is 1. The van der Waals surface area contributed by atoms with Gasteiger partial charge in [0.05, 0.1) is 13.2 Å². The Morgan fingerprint density at radius 1 is 1.28 bits per heavy atom. The Balaban J connectivity index is 0.00000576. The molecule has 0 aliphatic rings. The zero-order valence-corrected chi connectivity index (χ0v) is 17.4. The molecule has 4 nitrogen and oxygen atoms in total. The Morgan fingerprint density at radius 2 is 1.96 bits per heavy atom. The van der Waals surface area contributed by atoms with Gasteiger partial charge >= 0.3 is 6.18 Å². The number of methoxy groups -OCH3 is 1. The lowest BCUT2D eigenvalue weighted by Gasteiger charge is -2.20. The number of hydrogen-bond donors (Lipinski definition) is 2. The Kier molecular flexibility index (Phi) is 10.9. The van der Waals surface area contributed by atoms with Crippen LogP contribution < -0.4 is 15.4 Å². The van der Waals surface area contributed by atoms with Gasteiger partial charge < -0.3 is 15.4 Å². The fourth-order valence-corrected chi connectivity index (χ4v) is 2.33. The van der Waals surface area contributed by atoms with E-state index in [4.69, 9.17) is 4.74 Å². The molecule has 1 unspecified atom stereocenters. The highest BCUT2D eigenvalue weighted by molar-refractivity contribution is 14.0. The van der Waals surface area contributed by atoms with E-state index in [0.29, 0.717) is 18.9 Å². The molecule has 0 spiro atoms. The minimum absolute atomic E-state index is 0. The summed E-state index contributed by atoms with van der Waals surface area (Å²) in [5.41, 5.74) is 2.12. The van der Waals surface area contributed by atoms with E-state index in [9.17, 15) is 13.2 Å². The number of aliphatic imine (C=N–C) groups is 1. The molecule has 0 amide bonds. The third kappa shape index (κ3) is 9.18. The Hall–Kier alpha value is -1.19. The van der Waals surface area contributed by atoms with Crippen LogP contribution in [0.3, 0.4) is 0 Å². The number of halogens is 4. The van der Waals surface area contributed by atoms with Crippen molar-refractivity contribution >= 4 is 29.9 Å². The third-order valence-corrected chi connectivity index (χ3v) is 3.61. The monoisotopic (exact) mass is 473 g/mol. The molecule has 0 heterocycles. The summed E-state index contributed by atoms with van der Waals surface area (Å²) in [5.74, 6) is 1.33.